The topological polar surface area (TPSA) is 41.7 Å². The molecule has 2 aliphatic heterocycles. The summed E-state index contributed by atoms with van der Waals surface area (Å²) in [5.74, 6) is 0. The van der Waals surface area contributed by atoms with Crippen LogP contribution in [0.1, 0.15) is 12.8 Å². The predicted octanol–water partition coefficient (Wildman–Crippen LogP) is 1.45. The summed E-state index contributed by atoms with van der Waals surface area (Å²) in [6, 6.07) is 8.62. The van der Waals surface area contributed by atoms with Crippen molar-refractivity contribution in [2.24, 2.45) is 5.73 Å². The van der Waals surface area contributed by atoms with Crippen molar-refractivity contribution in [3.8, 4) is 0 Å². The molecule has 0 aliphatic carbocycles. The average Bonchev–Trinajstić information content (AvgIpc) is 2.90. The van der Waals surface area contributed by atoms with Gasteiger partial charge < -0.3 is 20.3 Å². The fraction of sp³-hybridized carbons (Fsp3) is 0.600. The molecule has 2 unspecified atom stereocenters. The van der Waals surface area contributed by atoms with Gasteiger partial charge in [0.1, 0.15) is 0 Å². The van der Waals surface area contributed by atoms with Crippen LogP contribution in [0.4, 0.5) is 11.4 Å². The van der Waals surface area contributed by atoms with Crippen LogP contribution in [0.5, 0.6) is 0 Å². The lowest BCUT2D eigenvalue weighted by Crippen LogP contribution is -2.42. The summed E-state index contributed by atoms with van der Waals surface area (Å²) in [7, 11) is 2.16. The van der Waals surface area contributed by atoms with E-state index in [-0.39, 0.29) is 6.10 Å². The molecule has 1 saturated heterocycles. The van der Waals surface area contributed by atoms with Crippen molar-refractivity contribution in [3.63, 3.8) is 0 Å². The number of rotatable bonds is 3. The minimum absolute atomic E-state index is 0.271. The normalized spacial score (nSPS) is 26.6. The molecule has 4 nitrogen and oxygen atoms in total. The number of likely N-dealkylation sites (N-methyl/N-ethyl adjacent to an activating group) is 1. The highest BCUT2D eigenvalue weighted by atomic mass is 16.5. The van der Waals surface area contributed by atoms with Gasteiger partial charge in [0.15, 0.2) is 0 Å². The molecule has 2 atom stereocenters. The number of anilines is 2. The van der Waals surface area contributed by atoms with Crippen LogP contribution in [0, 0.1) is 0 Å². The molecule has 2 heterocycles. The second-order valence-electron chi connectivity index (χ2n) is 5.55. The van der Waals surface area contributed by atoms with Gasteiger partial charge in [0, 0.05) is 33.2 Å². The third-order valence-corrected chi connectivity index (χ3v) is 4.22. The van der Waals surface area contributed by atoms with Crippen molar-refractivity contribution in [3.05, 3.63) is 24.3 Å². The molecule has 1 fully saturated rings. The Morgan fingerprint density at radius 1 is 1.16 bits per heavy atom. The fourth-order valence-corrected chi connectivity index (χ4v) is 3.09. The summed E-state index contributed by atoms with van der Waals surface area (Å²) < 4.78 is 5.97. The highest BCUT2D eigenvalue weighted by molar-refractivity contribution is 5.73. The maximum Gasteiger partial charge on any atom is 0.0755 e. The van der Waals surface area contributed by atoms with Crippen LogP contribution in [0.25, 0.3) is 0 Å². The molecule has 104 valence electrons. The van der Waals surface area contributed by atoms with Gasteiger partial charge in [0.2, 0.25) is 0 Å². The van der Waals surface area contributed by atoms with Crippen LogP contribution in [0.2, 0.25) is 0 Å². The van der Waals surface area contributed by atoms with E-state index < -0.39 is 0 Å². The second-order valence-corrected chi connectivity index (χ2v) is 5.55. The first kappa shape index (κ1) is 12.8. The third kappa shape index (κ3) is 2.55. The second kappa shape index (κ2) is 5.39. The van der Waals surface area contributed by atoms with E-state index in [4.69, 9.17) is 10.5 Å². The lowest BCUT2D eigenvalue weighted by atomic mass is 10.1. The molecule has 19 heavy (non-hydrogen) atoms. The van der Waals surface area contributed by atoms with Crippen LogP contribution < -0.4 is 15.5 Å². The molecule has 1 aromatic carbocycles. The molecule has 0 saturated carbocycles. The SMILES string of the molecule is CN1CCN(CC2CCC(CN)O2)c2ccccc21. The molecule has 2 aliphatic rings. The number of benzene rings is 1. The van der Waals surface area contributed by atoms with Crippen molar-refractivity contribution in [2.75, 3.05) is 43.0 Å². The molecule has 3 rings (SSSR count). The first-order valence-corrected chi connectivity index (χ1v) is 7.18. The number of fused-ring (bicyclic) bond motifs is 1. The Kier molecular flexibility index (Phi) is 3.62. The minimum Gasteiger partial charge on any atom is -0.372 e. The van der Waals surface area contributed by atoms with Gasteiger partial charge in [-0.25, -0.2) is 0 Å². The molecule has 1 aromatic rings. The van der Waals surface area contributed by atoms with E-state index in [1.165, 1.54) is 11.4 Å². The number of hydrogen-bond acceptors (Lipinski definition) is 4. The van der Waals surface area contributed by atoms with Crippen LogP contribution in [-0.2, 0) is 4.74 Å². The van der Waals surface area contributed by atoms with Crippen LogP contribution in [0.3, 0.4) is 0 Å². The Labute approximate surface area is 115 Å². The van der Waals surface area contributed by atoms with Crippen molar-refractivity contribution >= 4 is 11.4 Å². The molecular weight excluding hydrogens is 238 g/mol. The van der Waals surface area contributed by atoms with E-state index in [0.29, 0.717) is 12.6 Å². The number of para-hydroxylation sites is 2. The first-order chi connectivity index (χ1) is 9.28. The lowest BCUT2D eigenvalue weighted by Gasteiger charge is -2.38. The monoisotopic (exact) mass is 261 g/mol. The van der Waals surface area contributed by atoms with Gasteiger partial charge in [0.25, 0.3) is 0 Å². The van der Waals surface area contributed by atoms with Gasteiger partial charge in [0.05, 0.1) is 23.6 Å². The number of nitrogens with zero attached hydrogens (tertiary/aromatic N) is 2. The van der Waals surface area contributed by atoms with Crippen molar-refractivity contribution in [1.82, 2.24) is 0 Å². The summed E-state index contributed by atoms with van der Waals surface area (Å²) in [6.07, 6.45) is 2.85. The van der Waals surface area contributed by atoms with Crippen molar-refractivity contribution in [2.45, 2.75) is 25.0 Å². The minimum atomic E-state index is 0.271. The quantitative estimate of drug-likeness (QED) is 0.894. The maximum absolute atomic E-state index is 5.97. The fourth-order valence-electron chi connectivity index (χ4n) is 3.09. The summed E-state index contributed by atoms with van der Waals surface area (Å²) in [6.45, 7) is 3.78. The smallest absolute Gasteiger partial charge is 0.0755 e. The van der Waals surface area contributed by atoms with E-state index in [1.807, 2.05) is 0 Å². The largest absolute Gasteiger partial charge is 0.372 e. The summed E-state index contributed by atoms with van der Waals surface area (Å²) in [4.78, 5) is 4.78. The Bertz CT molecular complexity index is 437. The van der Waals surface area contributed by atoms with Crippen molar-refractivity contribution < 1.29 is 4.74 Å². The zero-order valence-electron chi connectivity index (χ0n) is 11.6. The van der Waals surface area contributed by atoms with E-state index in [1.54, 1.807) is 0 Å². The van der Waals surface area contributed by atoms with Crippen LogP contribution in [-0.4, -0.2) is 45.4 Å². The third-order valence-electron chi connectivity index (χ3n) is 4.22. The zero-order valence-corrected chi connectivity index (χ0v) is 11.6. The highest BCUT2D eigenvalue weighted by Gasteiger charge is 2.28. The van der Waals surface area contributed by atoms with Gasteiger partial charge in [-0.05, 0) is 25.0 Å². The van der Waals surface area contributed by atoms with E-state index in [0.717, 1.165) is 32.5 Å². The predicted molar refractivity (Wildman–Crippen MR) is 78.9 cm³/mol. The summed E-state index contributed by atoms with van der Waals surface area (Å²) in [5, 5.41) is 0. The molecule has 2 N–H and O–H groups in total. The zero-order chi connectivity index (χ0) is 13.2. The molecule has 0 amide bonds. The van der Waals surface area contributed by atoms with Gasteiger partial charge in [-0.3, -0.25) is 0 Å². The summed E-state index contributed by atoms with van der Waals surface area (Å²) in [5.41, 5.74) is 8.33. The molecule has 4 heteroatoms. The molecule has 0 radical (unpaired) electrons. The molecular formula is C15H23N3O. The number of hydrogen-bond donors (Lipinski definition) is 1. The standard InChI is InChI=1S/C15H23N3O/c1-17-8-9-18(15-5-3-2-4-14(15)17)11-13-7-6-12(10-16)19-13/h2-5,12-13H,6-11,16H2,1H3. The maximum atomic E-state index is 5.97. The van der Waals surface area contributed by atoms with E-state index in [9.17, 15) is 0 Å². The Morgan fingerprint density at radius 2 is 1.89 bits per heavy atom. The van der Waals surface area contributed by atoms with Crippen molar-refractivity contribution in [1.29, 1.82) is 0 Å². The average molecular weight is 261 g/mol. The number of ether oxygens (including phenoxy) is 1. The lowest BCUT2D eigenvalue weighted by molar-refractivity contribution is 0.0543. The Morgan fingerprint density at radius 3 is 2.63 bits per heavy atom. The van der Waals surface area contributed by atoms with Crippen LogP contribution in [0.15, 0.2) is 24.3 Å². The molecule has 0 bridgehead atoms. The summed E-state index contributed by atoms with van der Waals surface area (Å²) >= 11 is 0. The number of nitrogens with two attached hydrogens (primary N) is 1. The Balaban J connectivity index is 1.71. The van der Waals surface area contributed by atoms with E-state index >= 15 is 0 Å². The molecule has 0 aromatic heterocycles. The highest BCUT2D eigenvalue weighted by Crippen LogP contribution is 2.33. The van der Waals surface area contributed by atoms with Gasteiger partial charge >= 0.3 is 0 Å². The molecule has 0 spiro atoms. The Hall–Kier alpha value is -1.26. The van der Waals surface area contributed by atoms with Gasteiger partial charge in [-0.1, -0.05) is 12.1 Å². The van der Waals surface area contributed by atoms with E-state index in [2.05, 4.69) is 41.1 Å². The first-order valence-electron chi connectivity index (χ1n) is 7.18. The van der Waals surface area contributed by atoms with Gasteiger partial charge in [-0.2, -0.15) is 0 Å². The van der Waals surface area contributed by atoms with Gasteiger partial charge in [-0.15, -0.1) is 0 Å². The van der Waals surface area contributed by atoms with Crippen LogP contribution >= 0.6 is 0 Å².